The van der Waals surface area contributed by atoms with Gasteiger partial charge in [-0.1, -0.05) is 6.42 Å². The third kappa shape index (κ3) is 5.88. The fourth-order valence-electron chi connectivity index (χ4n) is 0.715. The van der Waals surface area contributed by atoms with E-state index in [9.17, 15) is 4.79 Å². The lowest BCUT2D eigenvalue weighted by Crippen LogP contribution is -2.29. The minimum Gasteiger partial charge on any atom is -0.480 e. The van der Waals surface area contributed by atoms with Crippen LogP contribution in [0, 0.1) is 0 Å². The van der Waals surface area contributed by atoms with E-state index < -0.39 is 12.0 Å². The average Bonchev–Trinajstić information content (AvgIpc) is 1.97. The highest BCUT2D eigenvalue weighted by Gasteiger charge is 2.09. The standard InChI is InChI=1S/C6H13BN2O2/c7-9-4-2-1-3-5(8)6(10)11/h5,9H,1-4,8H2,(H,10,11)/t5-/m0/s1. The second-order valence-corrected chi connectivity index (χ2v) is 2.39. The van der Waals surface area contributed by atoms with Gasteiger partial charge in [-0.2, -0.15) is 0 Å². The van der Waals surface area contributed by atoms with Crippen LogP contribution in [-0.4, -0.2) is 31.6 Å². The van der Waals surface area contributed by atoms with E-state index in [4.69, 9.17) is 18.8 Å². The average molecular weight is 156 g/mol. The molecule has 0 unspecified atom stereocenters. The second kappa shape index (κ2) is 6.18. The van der Waals surface area contributed by atoms with Gasteiger partial charge < -0.3 is 16.1 Å². The maximum absolute atomic E-state index is 10.2. The highest BCUT2D eigenvalue weighted by Crippen LogP contribution is 1.97. The van der Waals surface area contributed by atoms with Gasteiger partial charge in [0, 0.05) is 0 Å². The smallest absolute Gasteiger partial charge is 0.320 e. The lowest BCUT2D eigenvalue weighted by Gasteiger charge is -2.04. The van der Waals surface area contributed by atoms with Gasteiger partial charge in [0.05, 0.1) is 0 Å². The summed E-state index contributed by atoms with van der Waals surface area (Å²) in [5.41, 5.74) is 5.25. The van der Waals surface area contributed by atoms with Crippen LogP contribution in [0.4, 0.5) is 0 Å². The Morgan fingerprint density at radius 3 is 2.73 bits per heavy atom. The van der Waals surface area contributed by atoms with Gasteiger partial charge in [0.15, 0.2) is 7.98 Å². The fraction of sp³-hybridized carbons (Fsp3) is 0.833. The van der Waals surface area contributed by atoms with Gasteiger partial charge in [-0.15, -0.1) is 0 Å². The Hall–Kier alpha value is -0.545. The van der Waals surface area contributed by atoms with Crippen molar-refractivity contribution < 1.29 is 9.90 Å². The number of nitrogens with two attached hydrogens (primary N) is 1. The molecule has 0 saturated heterocycles. The van der Waals surface area contributed by atoms with E-state index in [1.54, 1.807) is 0 Å². The quantitative estimate of drug-likeness (QED) is 0.349. The van der Waals surface area contributed by atoms with Crippen molar-refractivity contribution in [2.24, 2.45) is 5.73 Å². The number of unbranched alkanes of at least 4 members (excludes halogenated alkanes) is 1. The Morgan fingerprint density at radius 1 is 1.64 bits per heavy atom. The topological polar surface area (TPSA) is 75.3 Å². The Kier molecular flexibility index (Phi) is 5.88. The Balaban J connectivity index is 3.17. The van der Waals surface area contributed by atoms with Crippen LogP contribution in [0.1, 0.15) is 19.3 Å². The van der Waals surface area contributed by atoms with Crippen molar-refractivity contribution in [2.45, 2.75) is 25.3 Å². The predicted octanol–water partition coefficient (Wildman–Crippen LogP) is -0.758. The molecule has 4 nitrogen and oxygen atoms in total. The maximum atomic E-state index is 10.2. The Morgan fingerprint density at radius 2 is 2.27 bits per heavy atom. The van der Waals surface area contributed by atoms with Gasteiger partial charge in [0.1, 0.15) is 6.04 Å². The molecule has 62 valence electrons. The van der Waals surface area contributed by atoms with Crippen molar-refractivity contribution in [3.05, 3.63) is 0 Å². The summed E-state index contributed by atoms with van der Waals surface area (Å²) in [6, 6.07) is -0.729. The number of hydrogen-bond acceptors (Lipinski definition) is 3. The van der Waals surface area contributed by atoms with E-state index in [0.29, 0.717) is 13.0 Å². The van der Waals surface area contributed by atoms with Crippen molar-refractivity contribution in [1.82, 2.24) is 5.23 Å². The molecule has 0 aromatic heterocycles. The van der Waals surface area contributed by atoms with E-state index in [1.807, 2.05) is 0 Å². The molecule has 2 radical (unpaired) electrons. The molecule has 0 aliphatic heterocycles. The number of rotatable bonds is 6. The summed E-state index contributed by atoms with van der Waals surface area (Å²) >= 11 is 0. The monoisotopic (exact) mass is 156 g/mol. The molecule has 0 aromatic carbocycles. The molecule has 0 aliphatic rings. The van der Waals surface area contributed by atoms with Gasteiger partial charge in [0.25, 0.3) is 0 Å². The maximum Gasteiger partial charge on any atom is 0.320 e. The molecule has 11 heavy (non-hydrogen) atoms. The van der Waals surface area contributed by atoms with E-state index in [-0.39, 0.29) is 0 Å². The van der Waals surface area contributed by atoms with E-state index in [2.05, 4.69) is 5.23 Å². The van der Waals surface area contributed by atoms with Crippen molar-refractivity contribution in [3.8, 4) is 0 Å². The van der Waals surface area contributed by atoms with Crippen LogP contribution < -0.4 is 11.0 Å². The first-order valence-corrected chi connectivity index (χ1v) is 3.60. The van der Waals surface area contributed by atoms with Crippen LogP contribution in [0.5, 0.6) is 0 Å². The Labute approximate surface area is 67.6 Å². The van der Waals surface area contributed by atoms with Gasteiger partial charge >= 0.3 is 5.97 Å². The normalized spacial score (nSPS) is 12.8. The molecule has 0 rings (SSSR count). The summed E-state index contributed by atoms with van der Waals surface area (Å²) in [7, 11) is 5.01. The van der Waals surface area contributed by atoms with Crippen LogP contribution in [0.15, 0.2) is 0 Å². The molecule has 1 atom stereocenters. The van der Waals surface area contributed by atoms with E-state index in [1.165, 1.54) is 0 Å². The SMILES string of the molecule is [B]NCCCC[C@H](N)C(=O)O. The number of nitrogens with one attached hydrogen (secondary N) is 1. The van der Waals surface area contributed by atoms with Crippen LogP contribution in [-0.2, 0) is 4.79 Å². The van der Waals surface area contributed by atoms with Crippen molar-refractivity contribution >= 4 is 14.0 Å². The van der Waals surface area contributed by atoms with Crippen LogP contribution in [0.2, 0.25) is 0 Å². The summed E-state index contributed by atoms with van der Waals surface area (Å²) in [6.07, 6.45) is 2.16. The second-order valence-electron chi connectivity index (χ2n) is 2.39. The van der Waals surface area contributed by atoms with Crippen molar-refractivity contribution in [2.75, 3.05) is 6.54 Å². The zero-order valence-electron chi connectivity index (χ0n) is 6.42. The van der Waals surface area contributed by atoms with Gasteiger partial charge in [-0.25, -0.2) is 0 Å². The third-order valence-electron chi connectivity index (χ3n) is 1.40. The molecule has 4 N–H and O–H groups in total. The molecule has 0 fully saturated rings. The third-order valence-corrected chi connectivity index (χ3v) is 1.40. The van der Waals surface area contributed by atoms with Crippen LogP contribution in [0.3, 0.4) is 0 Å². The molecular formula is C6H13BN2O2. The molecule has 0 spiro atoms. The lowest BCUT2D eigenvalue weighted by atomic mass is 10.1. The lowest BCUT2D eigenvalue weighted by molar-refractivity contribution is -0.138. The summed E-state index contributed by atoms with van der Waals surface area (Å²) in [4.78, 5) is 10.2. The van der Waals surface area contributed by atoms with Crippen LogP contribution >= 0.6 is 0 Å². The summed E-state index contributed by atoms with van der Waals surface area (Å²) in [5, 5.41) is 10.9. The Bertz CT molecular complexity index is 121. The molecular weight excluding hydrogens is 143 g/mol. The van der Waals surface area contributed by atoms with Crippen molar-refractivity contribution in [3.63, 3.8) is 0 Å². The highest BCUT2D eigenvalue weighted by molar-refractivity contribution is 6.04. The highest BCUT2D eigenvalue weighted by atomic mass is 16.4. The molecule has 0 aliphatic carbocycles. The number of carboxylic acids is 1. The molecule has 5 heteroatoms. The predicted molar refractivity (Wildman–Crippen MR) is 43.2 cm³/mol. The number of aliphatic carboxylic acids is 1. The molecule has 0 saturated carbocycles. The largest absolute Gasteiger partial charge is 0.480 e. The van der Waals surface area contributed by atoms with Crippen molar-refractivity contribution in [1.29, 1.82) is 0 Å². The zero-order valence-corrected chi connectivity index (χ0v) is 6.42. The number of carboxylic acid groups (broad SMARTS) is 1. The first kappa shape index (κ1) is 10.5. The number of hydrogen-bond donors (Lipinski definition) is 3. The molecule has 0 bridgehead atoms. The first-order chi connectivity index (χ1) is 5.18. The van der Waals surface area contributed by atoms with Gasteiger partial charge in [0.2, 0.25) is 0 Å². The number of carbonyl (C=O) groups is 1. The summed E-state index contributed by atoms with van der Waals surface area (Å²) in [6.45, 7) is 0.701. The fourth-order valence-corrected chi connectivity index (χ4v) is 0.715. The summed E-state index contributed by atoms with van der Waals surface area (Å²) in [5.74, 6) is -0.939. The minimum absolute atomic E-state index is 0.511. The zero-order chi connectivity index (χ0) is 8.69. The first-order valence-electron chi connectivity index (χ1n) is 3.60. The summed E-state index contributed by atoms with van der Waals surface area (Å²) < 4.78 is 0. The van der Waals surface area contributed by atoms with Crippen LogP contribution in [0.25, 0.3) is 0 Å². The molecule has 0 aromatic rings. The van der Waals surface area contributed by atoms with E-state index in [0.717, 1.165) is 12.8 Å². The van der Waals surface area contributed by atoms with E-state index >= 15 is 0 Å². The van der Waals surface area contributed by atoms with Gasteiger partial charge in [-0.3, -0.25) is 4.79 Å². The molecule has 0 heterocycles. The minimum atomic E-state index is -0.939. The van der Waals surface area contributed by atoms with Gasteiger partial charge in [-0.05, 0) is 19.4 Å². The molecule has 0 amide bonds.